The van der Waals surface area contributed by atoms with Crippen molar-refractivity contribution < 1.29 is 23.8 Å². The number of aromatic nitrogens is 3. The van der Waals surface area contributed by atoms with Crippen molar-refractivity contribution in [1.29, 1.82) is 0 Å². The Labute approximate surface area is 255 Å². The summed E-state index contributed by atoms with van der Waals surface area (Å²) in [5.74, 6) is 0.650. The van der Waals surface area contributed by atoms with Crippen molar-refractivity contribution >= 4 is 29.9 Å². The summed E-state index contributed by atoms with van der Waals surface area (Å²) in [5.41, 5.74) is 7.31. The minimum absolute atomic E-state index is 0.0332. The molecular formula is C32H35N5O5S. The summed E-state index contributed by atoms with van der Waals surface area (Å²) in [5, 5.41) is 13.6. The summed E-state index contributed by atoms with van der Waals surface area (Å²) < 4.78 is 17.8. The summed E-state index contributed by atoms with van der Waals surface area (Å²) in [4.78, 5) is 24.2. The summed E-state index contributed by atoms with van der Waals surface area (Å²) in [6.07, 6.45) is 1.44. The molecule has 0 aliphatic carbocycles. The molecule has 1 N–H and O–H groups in total. The molecular weight excluding hydrogens is 566 g/mol. The molecule has 10 nitrogen and oxygen atoms in total. The Kier molecular flexibility index (Phi) is 9.87. The smallest absolute Gasteiger partial charge is 0.308 e. The van der Waals surface area contributed by atoms with E-state index in [4.69, 9.17) is 14.2 Å². The van der Waals surface area contributed by atoms with Crippen molar-refractivity contribution in [3.05, 3.63) is 77.4 Å². The number of ether oxygens (including phenoxy) is 3. The van der Waals surface area contributed by atoms with Crippen LogP contribution in [-0.4, -0.2) is 52.8 Å². The predicted molar refractivity (Wildman–Crippen MR) is 168 cm³/mol. The van der Waals surface area contributed by atoms with Crippen LogP contribution in [0.5, 0.6) is 17.2 Å². The van der Waals surface area contributed by atoms with Gasteiger partial charge in [-0.1, -0.05) is 74.5 Å². The molecule has 0 aliphatic heterocycles. The number of nitrogens with one attached hydrogen (secondary N) is 1. The van der Waals surface area contributed by atoms with Crippen molar-refractivity contribution in [3.63, 3.8) is 0 Å². The molecule has 0 saturated heterocycles. The molecule has 1 heterocycles. The van der Waals surface area contributed by atoms with E-state index in [2.05, 4.69) is 53.6 Å². The number of methoxy groups -OCH3 is 2. The van der Waals surface area contributed by atoms with Gasteiger partial charge in [-0.3, -0.25) is 14.2 Å². The zero-order valence-corrected chi connectivity index (χ0v) is 26.1. The highest BCUT2D eigenvalue weighted by Crippen LogP contribution is 2.38. The number of benzene rings is 3. The average Bonchev–Trinajstić information content (AvgIpc) is 3.40. The fraction of sp³-hybridized carbons (Fsp3) is 0.281. The Morgan fingerprint density at radius 1 is 0.977 bits per heavy atom. The van der Waals surface area contributed by atoms with E-state index in [1.54, 1.807) is 12.1 Å². The molecule has 4 aromatic rings. The number of hydrazone groups is 1. The van der Waals surface area contributed by atoms with E-state index in [1.807, 2.05) is 47.9 Å². The maximum atomic E-state index is 12.7. The van der Waals surface area contributed by atoms with Gasteiger partial charge in [0.1, 0.15) is 0 Å². The first-order valence-corrected chi connectivity index (χ1v) is 14.5. The van der Waals surface area contributed by atoms with Crippen LogP contribution in [0.15, 0.2) is 70.9 Å². The molecule has 0 radical (unpaired) electrons. The third kappa shape index (κ3) is 7.81. The zero-order chi connectivity index (χ0) is 31.1. The summed E-state index contributed by atoms with van der Waals surface area (Å²) >= 11 is 1.26. The van der Waals surface area contributed by atoms with Gasteiger partial charge >= 0.3 is 5.97 Å². The van der Waals surface area contributed by atoms with Gasteiger partial charge in [-0.25, -0.2) is 5.43 Å². The topological polar surface area (TPSA) is 117 Å². The van der Waals surface area contributed by atoms with Crippen molar-refractivity contribution in [2.24, 2.45) is 5.10 Å². The van der Waals surface area contributed by atoms with Gasteiger partial charge in [-0.15, -0.1) is 10.2 Å². The first-order valence-electron chi connectivity index (χ1n) is 13.5. The van der Waals surface area contributed by atoms with E-state index in [-0.39, 0.29) is 34.3 Å². The second-order valence-corrected chi connectivity index (χ2v) is 11.7. The molecule has 0 fully saturated rings. The second kappa shape index (κ2) is 13.6. The first-order chi connectivity index (χ1) is 20.5. The number of hydrogen-bond donors (Lipinski definition) is 1. The van der Waals surface area contributed by atoms with E-state index in [0.29, 0.717) is 16.5 Å². The van der Waals surface area contributed by atoms with E-state index in [0.717, 1.165) is 16.8 Å². The number of aryl methyl sites for hydroxylation is 1. The van der Waals surface area contributed by atoms with Crippen molar-refractivity contribution in [1.82, 2.24) is 20.2 Å². The Balaban J connectivity index is 1.51. The highest BCUT2D eigenvalue weighted by molar-refractivity contribution is 7.99. The number of amides is 1. The number of thioether (sulfide) groups is 1. The second-order valence-electron chi connectivity index (χ2n) is 10.7. The molecule has 0 aliphatic rings. The lowest BCUT2D eigenvalue weighted by molar-refractivity contribution is -0.132. The molecule has 43 heavy (non-hydrogen) atoms. The summed E-state index contributed by atoms with van der Waals surface area (Å²) in [6, 6.07) is 19.6. The first kappa shape index (κ1) is 31.3. The van der Waals surface area contributed by atoms with Crippen LogP contribution < -0.4 is 19.6 Å². The van der Waals surface area contributed by atoms with Gasteiger partial charge in [-0.05, 0) is 42.2 Å². The molecule has 11 heteroatoms. The minimum Gasteiger partial charge on any atom is -0.493 e. The van der Waals surface area contributed by atoms with Gasteiger partial charge < -0.3 is 14.2 Å². The van der Waals surface area contributed by atoms with Crippen LogP contribution in [0.2, 0.25) is 0 Å². The monoisotopic (exact) mass is 601 g/mol. The zero-order valence-electron chi connectivity index (χ0n) is 25.3. The molecule has 1 aromatic heterocycles. The molecule has 0 unspecified atom stereocenters. The highest BCUT2D eigenvalue weighted by atomic mass is 32.2. The van der Waals surface area contributed by atoms with Gasteiger partial charge in [0.05, 0.1) is 26.2 Å². The van der Waals surface area contributed by atoms with Gasteiger partial charge in [0.25, 0.3) is 5.91 Å². The lowest BCUT2D eigenvalue weighted by Gasteiger charge is -2.19. The third-order valence-electron chi connectivity index (χ3n) is 6.40. The SMILES string of the molecule is COc1cc(/C=N\NC(=O)CSc2nnc(-c3ccc(C(C)(C)C)cc3)n2-c2ccc(C)cc2)cc(OC)c1OC(C)=O. The van der Waals surface area contributed by atoms with Crippen molar-refractivity contribution in [3.8, 4) is 34.3 Å². The molecule has 3 aromatic carbocycles. The lowest BCUT2D eigenvalue weighted by atomic mass is 9.87. The number of rotatable bonds is 10. The van der Waals surface area contributed by atoms with E-state index in [9.17, 15) is 9.59 Å². The van der Waals surface area contributed by atoms with Crippen LogP contribution >= 0.6 is 11.8 Å². The van der Waals surface area contributed by atoms with Crippen LogP contribution in [0, 0.1) is 6.92 Å². The number of esters is 1. The van der Waals surface area contributed by atoms with Crippen molar-refractivity contribution in [2.75, 3.05) is 20.0 Å². The number of carbonyl (C=O) groups is 2. The van der Waals surface area contributed by atoms with Gasteiger partial charge in [0, 0.05) is 23.7 Å². The number of carbonyl (C=O) groups excluding carboxylic acids is 2. The minimum atomic E-state index is -0.508. The normalized spacial score (nSPS) is 11.4. The van der Waals surface area contributed by atoms with E-state index in [1.165, 1.54) is 44.7 Å². The van der Waals surface area contributed by atoms with Crippen LogP contribution in [0.1, 0.15) is 44.4 Å². The quantitative estimate of drug-likeness (QED) is 0.0806. The molecule has 4 rings (SSSR count). The van der Waals surface area contributed by atoms with Gasteiger partial charge in [0.15, 0.2) is 22.5 Å². The van der Waals surface area contributed by atoms with Crippen LogP contribution in [0.4, 0.5) is 0 Å². The lowest BCUT2D eigenvalue weighted by Crippen LogP contribution is -2.20. The fourth-order valence-electron chi connectivity index (χ4n) is 4.16. The highest BCUT2D eigenvalue weighted by Gasteiger charge is 2.19. The van der Waals surface area contributed by atoms with Crippen LogP contribution in [0.25, 0.3) is 17.1 Å². The van der Waals surface area contributed by atoms with Gasteiger partial charge in [-0.2, -0.15) is 5.10 Å². The fourth-order valence-corrected chi connectivity index (χ4v) is 4.90. The standard InChI is InChI=1S/C32H35N5O5S/c1-20-8-14-25(15-9-20)37-30(23-10-12-24(13-11-23)32(3,4)5)35-36-31(37)43-19-28(39)34-33-18-22-16-26(40-6)29(42-21(2)38)27(17-22)41-7/h8-18H,19H2,1-7H3,(H,34,39)/b33-18-. The largest absolute Gasteiger partial charge is 0.493 e. The van der Waals surface area contributed by atoms with Crippen molar-refractivity contribution in [2.45, 2.75) is 45.2 Å². The van der Waals surface area contributed by atoms with Crippen LogP contribution in [0.3, 0.4) is 0 Å². The summed E-state index contributed by atoms with van der Waals surface area (Å²) in [7, 11) is 2.90. The molecule has 0 saturated carbocycles. The summed E-state index contributed by atoms with van der Waals surface area (Å²) in [6.45, 7) is 9.85. The number of nitrogens with zero attached hydrogens (tertiary/aromatic N) is 4. The maximum Gasteiger partial charge on any atom is 0.308 e. The number of hydrogen-bond acceptors (Lipinski definition) is 9. The Morgan fingerprint density at radius 3 is 2.16 bits per heavy atom. The third-order valence-corrected chi connectivity index (χ3v) is 7.33. The molecule has 0 atom stereocenters. The predicted octanol–water partition coefficient (Wildman–Crippen LogP) is 5.73. The van der Waals surface area contributed by atoms with Crippen LogP contribution in [-0.2, 0) is 15.0 Å². The average molecular weight is 602 g/mol. The van der Waals surface area contributed by atoms with E-state index < -0.39 is 5.97 Å². The molecule has 1 amide bonds. The van der Waals surface area contributed by atoms with E-state index >= 15 is 0 Å². The molecule has 0 spiro atoms. The maximum absolute atomic E-state index is 12.7. The molecule has 224 valence electrons. The molecule has 0 bridgehead atoms. The Hall–Kier alpha value is -4.64. The Morgan fingerprint density at radius 2 is 1.60 bits per heavy atom. The Bertz CT molecular complexity index is 1600. The van der Waals surface area contributed by atoms with Gasteiger partial charge in [0.2, 0.25) is 5.75 Å².